The third kappa shape index (κ3) is 4.12. The molecule has 2 saturated heterocycles. The van der Waals surface area contributed by atoms with Crippen LogP contribution in [0.3, 0.4) is 0 Å². The first-order chi connectivity index (χ1) is 11.8. The number of carbonyl (C=O) groups excluding carboxylic acids is 2. The van der Waals surface area contributed by atoms with Gasteiger partial charge in [-0.2, -0.15) is 0 Å². The molecule has 0 saturated carbocycles. The number of benzene rings is 1. The second-order valence-electron chi connectivity index (χ2n) is 7.89. The SMILES string of the molecule is CC(C)(C)OC(=O)N1CCC2(CC1)NC(=O)CN2Cc1ccccc1. The summed E-state index contributed by atoms with van der Waals surface area (Å²) in [6.45, 7) is 7.91. The molecule has 2 aliphatic rings. The number of carbonyl (C=O) groups is 2. The van der Waals surface area contributed by atoms with E-state index in [9.17, 15) is 9.59 Å². The number of rotatable bonds is 2. The molecule has 2 fully saturated rings. The van der Waals surface area contributed by atoms with E-state index in [4.69, 9.17) is 4.74 Å². The fourth-order valence-electron chi connectivity index (χ4n) is 3.54. The number of ether oxygens (including phenoxy) is 1. The van der Waals surface area contributed by atoms with Crippen LogP contribution in [0.4, 0.5) is 4.79 Å². The minimum atomic E-state index is -0.493. The van der Waals surface area contributed by atoms with Crippen molar-refractivity contribution in [1.29, 1.82) is 0 Å². The molecule has 0 unspecified atom stereocenters. The Morgan fingerprint density at radius 1 is 1.20 bits per heavy atom. The Bertz CT molecular complexity index is 631. The molecule has 1 aromatic carbocycles. The fourth-order valence-corrected chi connectivity index (χ4v) is 3.54. The zero-order valence-corrected chi connectivity index (χ0v) is 15.2. The van der Waals surface area contributed by atoms with Crippen LogP contribution in [0.1, 0.15) is 39.2 Å². The van der Waals surface area contributed by atoms with Crippen LogP contribution in [0.2, 0.25) is 0 Å². The Labute approximate surface area is 149 Å². The van der Waals surface area contributed by atoms with E-state index in [0.29, 0.717) is 32.5 Å². The van der Waals surface area contributed by atoms with Crippen LogP contribution in [0.15, 0.2) is 30.3 Å². The van der Waals surface area contributed by atoms with E-state index in [1.165, 1.54) is 5.56 Å². The van der Waals surface area contributed by atoms with Gasteiger partial charge in [-0.25, -0.2) is 4.79 Å². The fraction of sp³-hybridized carbons (Fsp3) is 0.579. The number of amides is 2. The standard InChI is InChI=1S/C19H27N3O3/c1-18(2,3)25-17(24)21-11-9-19(10-12-21)20-16(23)14-22(19)13-15-7-5-4-6-8-15/h4-8H,9-14H2,1-3H3,(H,20,23). The molecule has 25 heavy (non-hydrogen) atoms. The third-order valence-corrected chi connectivity index (χ3v) is 4.77. The molecule has 0 aromatic heterocycles. The number of hydrogen-bond acceptors (Lipinski definition) is 4. The number of piperidine rings is 1. The van der Waals surface area contributed by atoms with E-state index in [1.54, 1.807) is 4.90 Å². The minimum absolute atomic E-state index is 0.0571. The minimum Gasteiger partial charge on any atom is -0.444 e. The van der Waals surface area contributed by atoms with Gasteiger partial charge in [0.25, 0.3) is 0 Å². The zero-order chi connectivity index (χ0) is 18.1. The van der Waals surface area contributed by atoms with Gasteiger partial charge >= 0.3 is 6.09 Å². The molecule has 3 rings (SSSR count). The van der Waals surface area contributed by atoms with Crippen LogP contribution in [-0.4, -0.2) is 52.7 Å². The van der Waals surface area contributed by atoms with Crippen LogP contribution < -0.4 is 5.32 Å². The molecule has 2 amide bonds. The van der Waals surface area contributed by atoms with Crippen LogP contribution in [0.5, 0.6) is 0 Å². The van der Waals surface area contributed by atoms with Crippen molar-refractivity contribution in [3.8, 4) is 0 Å². The topological polar surface area (TPSA) is 61.9 Å². The lowest BCUT2D eigenvalue weighted by molar-refractivity contribution is -0.119. The largest absolute Gasteiger partial charge is 0.444 e. The van der Waals surface area contributed by atoms with Gasteiger partial charge in [0, 0.05) is 32.5 Å². The highest BCUT2D eigenvalue weighted by Gasteiger charge is 2.47. The van der Waals surface area contributed by atoms with Crippen molar-refractivity contribution < 1.29 is 14.3 Å². The Hall–Kier alpha value is -2.08. The van der Waals surface area contributed by atoms with Gasteiger partial charge in [0.05, 0.1) is 12.2 Å². The Morgan fingerprint density at radius 2 is 1.84 bits per heavy atom. The van der Waals surface area contributed by atoms with E-state index >= 15 is 0 Å². The quantitative estimate of drug-likeness (QED) is 0.894. The normalized spacial score (nSPS) is 20.6. The lowest BCUT2D eigenvalue weighted by Crippen LogP contribution is -2.59. The Morgan fingerprint density at radius 3 is 2.44 bits per heavy atom. The third-order valence-electron chi connectivity index (χ3n) is 4.77. The summed E-state index contributed by atoms with van der Waals surface area (Å²) >= 11 is 0. The molecule has 1 N–H and O–H groups in total. The second kappa shape index (κ2) is 6.67. The van der Waals surface area contributed by atoms with Crippen LogP contribution in [-0.2, 0) is 16.1 Å². The maximum atomic E-state index is 12.3. The van der Waals surface area contributed by atoms with Crippen LogP contribution >= 0.6 is 0 Å². The van der Waals surface area contributed by atoms with E-state index in [2.05, 4.69) is 22.3 Å². The monoisotopic (exact) mass is 345 g/mol. The lowest BCUT2D eigenvalue weighted by Gasteiger charge is -2.44. The van der Waals surface area contributed by atoms with Crippen molar-refractivity contribution in [1.82, 2.24) is 15.1 Å². The first-order valence-corrected chi connectivity index (χ1v) is 8.85. The number of hydrogen-bond donors (Lipinski definition) is 1. The van der Waals surface area contributed by atoms with E-state index < -0.39 is 5.60 Å². The summed E-state index contributed by atoms with van der Waals surface area (Å²) in [6.07, 6.45) is 1.15. The molecule has 6 heteroatoms. The predicted octanol–water partition coefficient (Wildman–Crippen LogP) is 2.35. The van der Waals surface area contributed by atoms with Gasteiger partial charge in [-0.15, -0.1) is 0 Å². The predicted molar refractivity (Wildman–Crippen MR) is 94.8 cm³/mol. The van der Waals surface area contributed by atoms with E-state index in [-0.39, 0.29) is 17.7 Å². The zero-order valence-electron chi connectivity index (χ0n) is 15.2. The molecule has 0 radical (unpaired) electrons. The number of nitrogens with zero attached hydrogens (tertiary/aromatic N) is 2. The molecule has 2 heterocycles. The Balaban J connectivity index is 1.65. The maximum Gasteiger partial charge on any atom is 0.410 e. The van der Waals surface area contributed by atoms with Gasteiger partial charge in [-0.05, 0) is 26.3 Å². The summed E-state index contributed by atoms with van der Waals surface area (Å²) in [7, 11) is 0. The summed E-state index contributed by atoms with van der Waals surface area (Å²) in [4.78, 5) is 28.3. The van der Waals surface area contributed by atoms with Crippen LogP contribution in [0, 0.1) is 0 Å². The molecular weight excluding hydrogens is 318 g/mol. The number of likely N-dealkylation sites (tertiary alicyclic amines) is 1. The lowest BCUT2D eigenvalue weighted by atomic mass is 9.95. The average Bonchev–Trinajstić information content (AvgIpc) is 2.82. The van der Waals surface area contributed by atoms with Gasteiger partial charge in [0.1, 0.15) is 5.60 Å². The number of nitrogens with one attached hydrogen (secondary N) is 1. The molecular formula is C19H27N3O3. The summed E-state index contributed by atoms with van der Waals surface area (Å²) in [5, 5.41) is 3.16. The molecule has 0 aliphatic carbocycles. The molecule has 136 valence electrons. The Kier molecular flexibility index (Phi) is 4.73. The molecule has 2 aliphatic heterocycles. The van der Waals surface area contributed by atoms with Crippen molar-refractivity contribution in [2.24, 2.45) is 0 Å². The van der Waals surface area contributed by atoms with Crippen molar-refractivity contribution >= 4 is 12.0 Å². The summed E-state index contributed by atoms with van der Waals surface area (Å²) < 4.78 is 5.46. The smallest absolute Gasteiger partial charge is 0.410 e. The summed E-state index contributed by atoms with van der Waals surface area (Å²) in [5.74, 6) is 0.0571. The molecule has 1 spiro atoms. The average molecular weight is 345 g/mol. The highest BCUT2D eigenvalue weighted by molar-refractivity contribution is 5.81. The van der Waals surface area contributed by atoms with Gasteiger partial charge in [-0.3, -0.25) is 9.69 Å². The van der Waals surface area contributed by atoms with E-state index in [1.807, 2.05) is 39.0 Å². The molecule has 6 nitrogen and oxygen atoms in total. The summed E-state index contributed by atoms with van der Waals surface area (Å²) in [5.41, 5.74) is 0.339. The second-order valence-corrected chi connectivity index (χ2v) is 7.89. The van der Waals surface area contributed by atoms with Gasteiger partial charge < -0.3 is 15.0 Å². The van der Waals surface area contributed by atoms with Crippen molar-refractivity contribution in [3.63, 3.8) is 0 Å². The highest BCUT2D eigenvalue weighted by atomic mass is 16.6. The summed E-state index contributed by atoms with van der Waals surface area (Å²) in [6, 6.07) is 10.2. The van der Waals surface area contributed by atoms with Crippen molar-refractivity contribution in [3.05, 3.63) is 35.9 Å². The maximum absolute atomic E-state index is 12.3. The van der Waals surface area contributed by atoms with Crippen molar-refractivity contribution in [2.45, 2.75) is 51.4 Å². The van der Waals surface area contributed by atoms with Crippen molar-refractivity contribution in [2.75, 3.05) is 19.6 Å². The molecule has 1 aromatic rings. The van der Waals surface area contributed by atoms with Gasteiger partial charge in [0.2, 0.25) is 5.91 Å². The highest BCUT2D eigenvalue weighted by Crippen LogP contribution is 2.32. The van der Waals surface area contributed by atoms with Gasteiger partial charge in [-0.1, -0.05) is 30.3 Å². The van der Waals surface area contributed by atoms with Gasteiger partial charge in [0.15, 0.2) is 0 Å². The molecule has 0 bridgehead atoms. The van der Waals surface area contributed by atoms with Crippen LogP contribution in [0.25, 0.3) is 0 Å². The van der Waals surface area contributed by atoms with E-state index in [0.717, 1.165) is 6.54 Å². The molecule has 0 atom stereocenters. The first kappa shape index (κ1) is 17.7. The first-order valence-electron chi connectivity index (χ1n) is 8.85.